The first-order chi connectivity index (χ1) is 24.0. The summed E-state index contributed by atoms with van der Waals surface area (Å²) in [6, 6.07) is 6.72. The molecule has 0 spiro atoms. The molecule has 0 aliphatic carbocycles. The van der Waals surface area contributed by atoms with Crippen LogP contribution in [-0.2, 0) is 33.2 Å². The van der Waals surface area contributed by atoms with Crippen LogP contribution < -0.4 is 9.47 Å². The predicted molar refractivity (Wildman–Crippen MR) is 170 cm³/mol. The second-order valence-electron chi connectivity index (χ2n) is 11.5. The molecule has 0 saturated carbocycles. The minimum atomic E-state index is -5.12. The zero-order chi connectivity index (χ0) is 37.7. The molecule has 1 heterocycles. The van der Waals surface area contributed by atoms with Gasteiger partial charge in [-0.1, -0.05) is 18.7 Å². The van der Waals surface area contributed by atoms with E-state index in [9.17, 15) is 40.7 Å². The quantitative estimate of drug-likeness (QED) is 0.0539. The lowest BCUT2D eigenvalue weighted by molar-refractivity contribution is -0.144. The largest absolute Gasteiger partial charge is 0.496 e. The molecule has 3 aromatic carbocycles. The topological polar surface area (TPSA) is 91.4 Å². The number of benzene rings is 3. The summed E-state index contributed by atoms with van der Waals surface area (Å²) in [5, 5.41) is 0. The molecule has 1 amide bonds. The van der Waals surface area contributed by atoms with E-state index in [0.29, 0.717) is 30.5 Å². The molecule has 1 saturated heterocycles. The molecule has 0 aromatic heterocycles. The summed E-state index contributed by atoms with van der Waals surface area (Å²) in [5.74, 6) is -1.74. The minimum absolute atomic E-state index is 0.0192. The maximum atomic E-state index is 15.1. The van der Waals surface area contributed by atoms with E-state index in [2.05, 4.69) is 6.58 Å². The van der Waals surface area contributed by atoms with Crippen molar-refractivity contribution >= 4 is 17.8 Å². The average Bonchev–Trinajstić information content (AvgIpc) is 3.35. The fourth-order valence-electron chi connectivity index (χ4n) is 5.56. The van der Waals surface area contributed by atoms with Gasteiger partial charge in [-0.05, 0) is 79.8 Å². The number of esters is 1. The van der Waals surface area contributed by atoms with Crippen molar-refractivity contribution in [2.24, 2.45) is 0 Å². The van der Waals surface area contributed by atoms with Gasteiger partial charge in [0.15, 0.2) is 17.3 Å². The van der Waals surface area contributed by atoms with Gasteiger partial charge in [-0.2, -0.15) is 26.3 Å². The molecular formula is C36H34F7NO7. The zero-order valence-electron chi connectivity index (χ0n) is 27.8. The van der Waals surface area contributed by atoms with Gasteiger partial charge in [0.1, 0.15) is 11.9 Å². The molecule has 4 rings (SSSR count). The van der Waals surface area contributed by atoms with Gasteiger partial charge in [-0.3, -0.25) is 14.5 Å². The number of rotatable bonds is 14. The van der Waals surface area contributed by atoms with Crippen LogP contribution in [0.15, 0.2) is 61.2 Å². The van der Waals surface area contributed by atoms with E-state index in [4.69, 9.17) is 18.9 Å². The molecular weight excluding hydrogens is 691 g/mol. The summed E-state index contributed by atoms with van der Waals surface area (Å²) in [7, 11) is 1.29. The Bertz CT molecular complexity index is 1760. The van der Waals surface area contributed by atoms with Crippen LogP contribution in [-0.4, -0.2) is 49.1 Å². The number of ether oxygens (including phenoxy) is 4. The Morgan fingerprint density at radius 2 is 1.61 bits per heavy atom. The van der Waals surface area contributed by atoms with Gasteiger partial charge < -0.3 is 18.9 Å². The van der Waals surface area contributed by atoms with Crippen molar-refractivity contribution in [3.8, 4) is 22.6 Å². The van der Waals surface area contributed by atoms with E-state index < -0.39 is 58.9 Å². The molecule has 1 aliphatic rings. The number of carbonyl (C=O) groups is 3. The number of carbonyl (C=O) groups excluding carboxylic acids is 3. The number of methoxy groups -OCH3 is 1. The molecule has 0 unspecified atom stereocenters. The van der Waals surface area contributed by atoms with Crippen LogP contribution in [0.25, 0.3) is 11.1 Å². The highest BCUT2D eigenvalue weighted by molar-refractivity contribution is 6.04. The molecule has 15 heteroatoms. The van der Waals surface area contributed by atoms with Crippen molar-refractivity contribution in [1.29, 1.82) is 0 Å². The Labute approximate surface area is 288 Å². The Hall–Kier alpha value is -5.08. The van der Waals surface area contributed by atoms with Crippen molar-refractivity contribution in [2.45, 2.75) is 64.2 Å². The number of ketones is 1. The normalized spacial score (nSPS) is 16.1. The van der Waals surface area contributed by atoms with Gasteiger partial charge >= 0.3 is 24.4 Å². The summed E-state index contributed by atoms with van der Waals surface area (Å²) in [6.45, 7) is 6.52. The summed E-state index contributed by atoms with van der Waals surface area (Å²) >= 11 is 0. The first-order valence-electron chi connectivity index (χ1n) is 15.7. The van der Waals surface area contributed by atoms with Crippen LogP contribution in [0, 0.1) is 5.82 Å². The van der Waals surface area contributed by atoms with E-state index in [0.717, 1.165) is 17.0 Å². The first-order valence-corrected chi connectivity index (χ1v) is 15.7. The Kier molecular flexibility index (Phi) is 12.0. The van der Waals surface area contributed by atoms with E-state index >= 15 is 4.39 Å². The lowest BCUT2D eigenvalue weighted by Gasteiger charge is -2.24. The monoisotopic (exact) mass is 725 g/mol. The van der Waals surface area contributed by atoms with Crippen molar-refractivity contribution < 1.29 is 64.1 Å². The fraction of sp³-hybridized carbons (Fsp3) is 0.361. The lowest BCUT2D eigenvalue weighted by atomic mass is 9.94. The molecule has 0 radical (unpaired) electrons. The molecule has 0 N–H and O–H groups in total. The highest BCUT2D eigenvalue weighted by Gasteiger charge is 2.43. The van der Waals surface area contributed by atoms with Crippen LogP contribution in [0.5, 0.6) is 11.5 Å². The summed E-state index contributed by atoms with van der Waals surface area (Å²) < 4.78 is 118. The van der Waals surface area contributed by atoms with Crippen molar-refractivity contribution in [3.63, 3.8) is 0 Å². The summed E-state index contributed by atoms with van der Waals surface area (Å²) in [5.41, 5.74) is -2.61. The van der Waals surface area contributed by atoms with E-state index in [1.807, 2.05) is 0 Å². The second kappa shape index (κ2) is 15.9. The SMILES string of the molecule is C=CC(=O)c1ccc(-c2cc(OCCCCC(=O)OCC)c(F)cc2OC)c(CN2C(=O)O[C@H](c3cc(C(F)(F)F)cc(C(F)(F)F)c3)[C@@H]2C)c1. The van der Waals surface area contributed by atoms with Crippen LogP contribution in [0.1, 0.15) is 71.8 Å². The Morgan fingerprint density at radius 3 is 2.20 bits per heavy atom. The van der Waals surface area contributed by atoms with Crippen LogP contribution in [0.3, 0.4) is 0 Å². The molecule has 8 nitrogen and oxygen atoms in total. The third-order valence-electron chi connectivity index (χ3n) is 8.13. The maximum Gasteiger partial charge on any atom is 0.416 e. The third kappa shape index (κ3) is 9.18. The van der Waals surface area contributed by atoms with Crippen LogP contribution in [0.2, 0.25) is 0 Å². The fourth-order valence-corrected chi connectivity index (χ4v) is 5.56. The number of nitrogens with zero attached hydrogens (tertiary/aromatic N) is 1. The lowest BCUT2D eigenvalue weighted by Crippen LogP contribution is -2.31. The van der Waals surface area contributed by atoms with Gasteiger partial charge in [-0.25, -0.2) is 9.18 Å². The molecule has 3 aromatic rings. The van der Waals surface area contributed by atoms with Crippen molar-refractivity contribution in [2.75, 3.05) is 20.3 Å². The number of halogens is 7. The number of hydrogen-bond acceptors (Lipinski definition) is 7. The van der Waals surface area contributed by atoms with Crippen LogP contribution in [0.4, 0.5) is 35.5 Å². The van der Waals surface area contributed by atoms with Crippen LogP contribution >= 0.6 is 0 Å². The molecule has 0 bridgehead atoms. The predicted octanol–water partition coefficient (Wildman–Crippen LogP) is 9.10. The van der Waals surface area contributed by atoms with E-state index in [1.165, 1.54) is 38.3 Å². The third-order valence-corrected chi connectivity index (χ3v) is 8.13. The maximum absolute atomic E-state index is 15.1. The zero-order valence-corrected chi connectivity index (χ0v) is 27.8. The van der Waals surface area contributed by atoms with Gasteiger partial charge in [0.05, 0.1) is 44.0 Å². The number of alkyl halides is 6. The standard InChI is InChI=1S/C36H34F7NO7/c1-5-29(45)21-10-11-26(27-17-31(28(37)18-30(27)48-4)50-12-8-7-9-32(46)49-6-2)23(13-21)19-44-20(3)33(51-34(44)47)22-14-24(35(38,39)40)16-25(15-22)36(41,42)43/h5,10-11,13-18,20,33H,1,6-9,12,19H2,2-4H3/t20-,33-/m0/s1. The Morgan fingerprint density at radius 1 is 0.941 bits per heavy atom. The van der Waals surface area contributed by atoms with Gasteiger partial charge in [0, 0.05) is 23.6 Å². The smallest absolute Gasteiger partial charge is 0.416 e. The molecule has 1 aliphatic heterocycles. The second-order valence-corrected chi connectivity index (χ2v) is 11.5. The van der Waals surface area contributed by atoms with Gasteiger partial charge in [0.2, 0.25) is 0 Å². The number of amides is 1. The van der Waals surface area contributed by atoms with Crippen molar-refractivity contribution in [1.82, 2.24) is 4.90 Å². The number of unbranched alkanes of at least 4 members (excludes halogenated alkanes) is 1. The van der Waals surface area contributed by atoms with E-state index in [1.54, 1.807) is 6.92 Å². The minimum Gasteiger partial charge on any atom is -0.496 e. The van der Waals surface area contributed by atoms with Gasteiger partial charge in [-0.15, -0.1) is 0 Å². The Balaban J connectivity index is 1.70. The molecule has 274 valence electrons. The molecule has 2 atom stereocenters. The number of cyclic esters (lactones) is 1. The molecule has 51 heavy (non-hydrogen) atoms. The first kappa shape index (κ1) is 38.7. The highest BCUT2D eigenvalue weighted by Crippen LogP contribution is 2.43. The van der Waals surface area contributed by atoms with Crippen molar-refractivity contribution in [3.05, 3.63) is 94.8 Å². The molecule has 1 fully saturated rings. The van der Waals surface area contributed by atoms with E-state index in [-0.39, 0.29) is 66.4 Å². The number of hydrogen-bond donors (Lipinski definition) is 0. The summed E-state index contributed by atoms with van der Waals surface area (Å²) in [6.07, 6.45) is -10.8. The highest BCUT2D eigenvalue weighted by atomic mass is 19.4. The number of allylic oxidation sites excluding steroid dienone is 1. The van der Waals surface area contributed by atoms with Gasteiger partial charge in [0.25, 0.3) is 0 Å². The average molecular weight is 726 g/mol. The summed E-state index contributed by atoms with van der Waals surface area (Å²) in [4.78, 5) is 38.5.